The van der Waals surface area contributed by atoms with Crippen molar-refractivity contribution in [3.63, 3.8) is 0 Å². The van der Waals surface area contributed by atoms with E-state index < -0.39 is 0 Å². The van der Waals surface area contributed by atoms with Crippen LogP contribution < -0.4 is 10.6 Å². The Kier molecular flexibility index (Phi) is 6.49. The van der Waals surface area contributed by atoms with Gasteiger partial charge in [-0.3, -0.25) is 9.59 Å². The van der Waals surface area contributed by atoms with Gasteiger partial charge in [-0.05, 0) is 49.7 Å². The van der Waals surface area contributed by atoms with Crippen LogP contribution in [0.4, 0.5) is 5.69 Å². The van der Waals surface area contributed by atoms with Crippen LogP contribution in [0, 0.1) is 0 Å². The summed E-state index contributed by atoms with van der Waals surface area (Å²) in [4.78, 5) is 30.2. The van der Waals surface area contributed by atoms with Gasteiger partial charge < -0.3 is 15.2 Å². The van der Waals surface area contributed by atoms with Gasteiger partial charge in [-0.15, -0.1) is 0 Å². The molecule has 1 aromatic carbocycles. The highest BCUT2D eigenvalue weighted by Gasteiger charge is 2.27. The van der Waals surface area contributed by atoms with Crippen LogP contribution in [0.25, 0.3) is 0 Å². The van der Waals surface area contributed by atoms with E-state index in [2.05, 4.69) is 29.5 Å². The van der Waals surface area contributed by atoms with E-state index in [-0.39, 0.29) is 11.8 Å². The number of nitrogens with one attached hydrogen (secondary N) is 2. The van der Waals surface area contributed by atoms with Gasteiger partial charge in [-0.1, -0.05) is 39.0 Å². The first kappa shape index (κ1) is 20.1. The molecule has 150 valence electrons. The minimum Gasteiger partial charge on any atom is -0.351 e. The van der Waals surface area contributed by atoms with Crippen molar-refractivity contribution >= 4 is 17.5 Å². The van der Waals surface area contributed by atoms with Gasteiger partial charge in [0.2, 0.25) is 0 Å². The Morgan fingerprint density at radius 2 is 1.79 bits per heavy atom. The molecule has 6 nitrogen and oxygen atoms in total. The maximum Gasteiger partial charge on any atom is 0.291 e. The summed E-state index contributed by atoms with van der Waals surface area (Å²) in [6, 6.07) is 6.11. The van der Waals surface area contributed by atoms with Crippen LogP contribution >= 0.6 is 0 Å². The predicted molar refractivity (Wildman–Crippen MR) is 111 cm³/mol. The lowest BCUT2D eigenvalue weighted by atomic mass is 10.0. The maximum atomic E-state index is 13.1. The number of carbonyl (C=O) groups excluding carboxylic acids is 2. The van der Waals surface area contributed by atoms with E-state index in [0.717, 1.165) is 67.6 Å². The lowest BCUT2D eigenvalue weighted by Gasteiger charge is -2.18. The second kappa shape index (κ2) is 9.04. The normalized spacial score (nSPS) is 13.1. The summed E-state index contributed by atoms with van der Waals surface area (Å²) in [5.74, 6) is -0.0904. The SMILES string of the molecule is CCCNC(=O)c1nc(C(=O)Nc2c(CC)cccc2CC)n2c1CCCC2. The molecule has 1 aromatic heterocycles. The molecule has 0 saturated heterocycles. The number of rotatable bonds is 7. The van der Waals surface area contributed by atoms with E-state index in [1.807, 2.05) is 29.7 Å². The summed E-state index contributed by atoms with van der Waals surface area (Å²) in [6.45, 7) is 7.51. The highest BCUT2D eigenvalue weighted by molar-refractivity contribution is 6.04. The molecular formula is C22H30N4O2. The molecule has 1 aliphatic rings. The molecule has 2 aromatic rings. The number of anilines is 1. The largest absolute Gasteiger partial charge is 0.351 e. The van der Waals surface area contributed by atoms with E-state index >= 15 is 0 Å². The van der Waals surface area contributed by atoms with Crippen molar-refractivity contribution in [1.82, 2.24) is 14.9 Å². The molecule has 0 atom stereocenters. The quantitative estimate of drug-likeness (QED) is 0.766. The van der Waals surface area contributed by atoms with E-state index in [9.17, 15) is 9.59 Å². The zero-order valence-electron chi connectivity index (χ0n) is 17.1. The van der Waals surface area contributed by atoms with Gasteiger partial charge in [-0.25, -0.2) is 4.98 Å². The average molecular weight is 383 g/mol. The number of amides is 2. The first-order valence-corrected chi connectivity index (χ1v) is 10.4. The van der Waals surface area contributed by atoms with E-state index in [1.54, 1.807) is 0 Å². The van der Waals surface area contributed by atoms with E-state index in [0.29, 0.717) is 18.1 Å². The van der Waals surface area contributed by atoms with Crippen LogP contribution in [-0.2, 0) is 25.8 Å². The molecule has 0 fully saturated rings. The molecule has 0 saturated carbocycles. The summed E-state index contributed by atoms with van der Waals surface area (Å²) in [6.07, 6.45) is 5.33. The van der Waals surface area contributed by atoms with Crippen LogP contribution in [-0.4, -0.2) is 27.9 Å². The standard InChI is InChI=1S/C22H30N4O2/c1-4-13-23-21(27)19-17-12-7-8-14-26(17)20(24-19)22(28)25-18-15(5-2)10-9-11-16(18)6-3/h9-11H,4-8,12-14H2,1-3H3,(H,23,27)(H,25,28). The number of aromatic nitrogens is 2. The Morgan fingerprint density at radius 3 is 2.43 bits per heavy atom. The minimum absolute atomic E-state index is 0.185. The maximum absolute atomic E-state index is 13.1. The molecule has 0 aliphatic carbocycles. The molecule has 0 radical (unpaired) electrons. The Morgan fingerprint density at radius 1 is 1.07 bits per heavy atom. The van der Waals surface area contributed by atoms with Crippen molar-refractivity contribution in [2.45, 2.75) is 65.8 Å². The fraction of sp³-hybridized carbons (Fsp3) is 0.500. The second-order valence-electron chi connectivity index (χ2n) is 7.21. The molecule has 0 bridgehead atoms. The smallest absolute Gasteiger partial charge is 0.291 e. The zero-order chi connectivity index (χ0) is 20.1. The first-order chi connectivity index (χ1) is 13.6. The number of nitrogens with zero attached hydrogens (tertiary/aromatic N) is 2. The van der Waals surface area contributed by atoms with Gasteiger partial charge in [0.25, 0.3) is 11.8 Å². The van der Waals surface area contributed by atoms with E-state index in [4.69, 9.17) is 0 Å². The molecule has 6 heteroatoms. The van der Waals surface area contributed by atoms with Gasteiger partial charge in [0.15, 0.2) is 5.82 Å². The van der Waals surface area contributed by atoms with Gasteiger partial charge in [0.05, 0.1) is 5.69 Å². The Hall–Kier alpha value is -2.63. The zero-order valence-corrected chi connectivity index (χ0v) is 17.1. The number of aryl methyl sites for hydroxylation is 2. The monoisotopic (exact) mass is 382 g/mol. The number of fused-ring (bicyclic) bond motifs is 1. The molecule has 2 amide bonds. The third-order valence-corrected chi connectivity index (χ3v) is 5.31. The summed E-state index contributed by atoms with van der Waals surface area (Å²) in [5.41, 5.74) is 4.38. The Balaban J connectivity index is 1.95. The third-order valence-electron chi connectivity index (χ3n) is 5.31. The number of imidazole rings is 1. The Bertz CT molecular complexity index is 847. The summed E-state index contributed by atoms with van der Waals surface area (Å²) in [5, 5.41) is 5.98. The van der Waals surface area contributed by atoms with E-state index in [1.165, 1.54) is 0 Å². The summed E-state index contributed by atoms with van der Waals surface area (Å²) < 4.78 is 1.93. The van der Waals surface area contributed by atoms with Gasteiger partial charge in [0, 0.05) is 18.8 Å². The number of carbonyl (C=O) groups is 2. The second-order valence-corrected chi connectivity index (χ2v) is 7.21. The molecule has 2 N–H and O–H groups in total. The molecule has 28 heavy (non-hydrogen) atoms. The average Bonchev–Trinajstić information content (AvgIpc) is 3.12. The highest BCUT2D eigenvalue weighted by Crippen LogP contribution is 2.25. The number of hydrogen-bond acceptors (Lipinski definition) is 3. The van der Waals surface area contributed by atoms with Crippen LogP contribution in [0.15, 0.2) is 18.2 Å². The van der Waals surface area contributed by atoms with Gasteiger partial charge >= 0.3 is 0 Å². The fourth-order valence-electron chi connectivity index (χ4n) is 3.79. The third kappa shape index (κ3) is 3.96. The van der Waals surface area contributed by atoms with Crippen LogP contribution in [0.1, 0.15) is 78.0 Å². The van der Waals surface area contributed by atoms with Crippen LogP contribution in [0.5, 0.6) is 0 Å². The van der Waals surface area contributed by atoms with Crippen molar-refractivity contribution in [3.05, 3.63) is 46.5 Å². The molecule has 1 aliphatic heterocycles. The molecular weight excluding hydrogens is 352 g/mol. The van der Waals surface area contributed by atoms with Gasteiger partial charge in [0.1, 0.15) is 5.69 Å². The van der Waals surface area contributed by atoms with Crippen LogP contribution in [0.3, 0.4) is 0 Å². The van der Waals surface area contributed by atoms with Crippen molar-refractivity contribution < 1.29 is 9.59 Å². The number of benzene rings is 1. The molecule has 0 spiro atoms. The first-order valence-electron chi connectivity index (χ1n) is 10.4. The van der Waals surface area contributed by atoms with Crippen molar-refractivity contribution in [3.8, 4) is 0 Å². The molecule has 3 rings (SSSR count). The Labute approximate surface area is 166 Å². The molecule has 0 unspecified atom stereocenters. The number of para-hydroxylation sites is 1. The minimum atomic E-state index is -0.242. The number of hydrogen-bond donors (Lipinski definition) is 2. The van der Waals surface area contributed by atoms with Crippen molar-refractivity contribution in [2.24, 2.45) is 0 Å². The van der Waals surface area contributed by atoms with Crippen molar-refractivity contribution in [2.75, 3.05) is 11.9 Å². The lowest BCUT2D eigenvalue weighted by molar-refractivity contribution is 0.0947. The predicted octanol–water partition coefficient (Wildman–Crippen LogP) is 3.74. The van der Waals surface area contributed by atoms with Crippen LogP contribution in [0.2, 0.25) is 0 Å². The summed E-state index contributed by atoms with van der Waals surface area (Å²) in [7, 11) is 0. The topological polar surface area (TPSA) is 76.0 Å². The van der Waals surface area contributed by atoms with Gasteiger partial charge in [-0.2, -0.15) is 0 Å². The fourth-order valence-corrected chi connectivity index (χ4v) is 3.79. The summed E-state index contributed by atoms with van der Waals surface area (Å²) >= 11 is 0. The van der Waals surface area contributed by atoms with Crippen molar-refractivity contribution in [1.29, 1.82) is 0 Å². The molecule has 2 heterocycles. The lowest BCUT2D eigenvalue weighted by Crippen LogP contribution is -2.26. The highest BCUT2D eigenvalue weighted by atomic mass is 16.2.